The van der Waals surface area contributed by atoms with Crippen LogP contribution < -0.4 is 5.56 Å². The number of unbranched alkanes of at least 4 members (excludes halogenated alkanes) is 2. The zero-order valence-electron chi connectivity index (χ0n) is 9.65. The molecular weight excluding hydrogens is 288 g/mol. The van der Waals surface area contributed by atoms with Crippen molar-refractivity contribution in [2.75, 3.05) is 0 Å². The Morgan fingerprint density at radius 2 is 2.18 bits per heavy atom. The molecule has 0 radical (unpaired) electrons. The Kier molecular flexibility index (Phi) is 5.34. The van der Waals surface area contributed by atoms with Crippen molar-refractivity contribution in [1.82, 2.24) is 9.55 Å². The normalized spacial score (nSPS) is 10.5. The number of rotatable bonds is 6. The molecule has 1 rings (SSSR count). The average molecular weight is 303 g/mol. The molecule has 0 amide bonds. The highest BCUT2D eigenvalue weighted by Crippen LogP contribution is 2.05. The third-order valence-corrected chi connectivity index (χ3v) is 3.02. The lowest BCUT2D eigenvalue weighted by molar-refractivity contribution is -0.137. The van der Waals surface area contributed by atoms with Gasteiger partial charge in [0.25, 0.3) is 5.56 Å². The molecule has 0 saturated heterocycles. The van der Waals surface area contributed by atoms with Gasteiger partial charge in [0.05, 0.1) is 0 Å². The molecule has 94 valence electrons. The Labute approximate surface area is 108 Å². The van der Waals surface area contributed by atoms with E-state index >= 15 is 0 Å². The van der Waals surface area contributed by atoms with Gasteiger partial charge in [0, 0.05) is 19.2 Å². The summed E-state index contributed by atoms with van der Waals surface area (Å²) in [7, 11) is 0. The second kappa shape index (κ2) is 6.54. The van der Waals surface area contributed by atoms with Gasteiger partial charge in [-0.25, -0.2) is 4.98 Å². The van der Waals surface area contributed by atoms with Crippen LogP contribution in [-0.2, 0) is 11.3 Å². The Hall–Kier alpha value is -1.17. The highest BCUT2D eigenvalue weighted by molar-refractivity contribution is 9.10. The number of carbonyl (C=O) groups is 1. The van der Waals surface area contributed by atoms with Crippen LogP contribution in [0.4, 0.5) is 0 Å². The summed E-state index contributed by atoms with van der Waals surface area (Å²) in [5.74, 6) is -0.0982. The first-order valence-electron chi connectivity index (χ1n) is 5.46. The van der Waals surface area contributed by atoms with Crippen LogP contribution in [0.3, 0.4) is 0 Å². The Morgan fingerprint density at radius 1 is 1.47 bits per heavy atom. The minimum atomic E-state index is -0.775. The van der Waals surface area contributed by atoms with Crippen LogP contribution in [0.15, 0.2) is 15.5 Å². The van der Waals surface area contributed by atoms with Crippen molar-refractivity contribution in [2.45, 2.75) is 39.2 Å². The molecule has 17 heavy (non-hydrogen) atoms. The lowest BCUT2D eigenvalue weighted by Gasteiger charge is -2.08. The average Bonchev–Trinajstić information content (AvgIpc) is 2.27. The fourth-order valence-electron chi connectivity index (χ4n) is 1.54. The second-order valence-corrected chi connectivity index (χ2v) is 4.67. The molecule has 5 nitrogen and oxygen atoms in total. The van der Waals surface area contributed by atoms with Gasteiger partial charge < -0.3 is 5.11 Å². The Balaban J connectivity index is 2.50. The van der Waals surface area contributed by atoms with Crippen LogP contribution in [0.5, 0.6) is 0 Å². The summed E-state index contributed by atoms with van der Waals surface area (Å²) in [6.07, 6.45) is 3.91. The molecular formula is C11H15BrN2O3. The molecule has 1 aromatic rings. The van der Waals surface area contributed by atoms with Crippen LogP contribution >= 0.6 is 15.9 Å². The number of aliphatic carboxylic acids is 1. The lowest BCUT2D eigenvalue weighted by Crippen LogP contribution is -2.24. The molecule has 0 saturated carbocycles. The van der Waals surface area contributed by atoms with E-state index in [1.807, 2.05) is 0 Å². The predicted molar refractivity (Wildman–Crippen MR) is 67.0 cm³/mol. The van der Waals surface area contributed by atoms with Crippen LogP contribution in [0.25, 0.3) is 0 Å². The minimum absolute atomic E-state index is 0.0873. The molecule has 0 spiro atoms. The smallest absolute Gasteiger partial charge is 0.303 e. The van der Waals surface area contributed by atoms with Crippen LogP contribution in [-0.4, -0.2) is 20.6 Å². The van der Waals surface area contributed by atoms with Crippen molar-refractivity contribution < 1.29 is 9.90 Å². The van der Waals surface area contributed by atoms with Gasteiger partial charge in [-0.2, -0.15) is 0 Å². The molecule has 0 atom stereocenters. The topological polar surface area (TPSA) is 72.2 Å². The number of carboxylic acids is 1. The number of halogens is 1. The first-order valence-corrected chi connectivity index (χ1v) is 6.25. The molecule has 0 aliphatic rings. The number of aromatic nitrogens is 2. The zero-order valence-corrected chi connectivity index (χ0v) is 11.2. The van der Waals surface area contributed by atoms with Gasteiger partial charge in [-0.05, 0) is 35.7 Å². The molecule has 1 aromatic heterocycles. The fraction of sp³-hybridized carbons (Fsp3) is 0.545. The van der Waals surface area contributed by atoms with Crippen molar-refractivity contribution in [3.63, 3.8) is 0 Å². The molecule has 0 bridgehead atoms. The van der Waals surface area contributed by atoms with E-state index in [0.717, 1.165) is 12.8 Å². The SMILES string of the molecule is Cc1ncc(Br)c(=O)n1CCCCCC(=O)O. The maximum Gasteiger partial charge on any atom is 0.303 e. The largest absolute Gasteiger partial charge is 0.481 e. The second-order valence-electron chi connectivity index (χ2n) is 3.81. The standard InChI is InChI=1S/C11H15BrN2O3/c1-8-13-7-9(12)11(17)14(8)6-4-2-3-5-10(15)16/h7H,2-6H2,1H3,(H,15,16). The van der Waals surface area contributed by atoms with E-state index in [-0.39, 0.29) is 12.0 Å². The van der Waals surface area contributed by atoms with E-state index < -0.39 is 5.97 Å². The molecule has 0 aliphatic heterocycles. The van der Waals surface area contributed by atoms with Gasteiger partial charge in [-0.3, -0.25) is 14.2 Å². The van der Waals surface area contributed by atoms with E-state index in [1.165, 1.54) is 6.20 Å². The van der Waals surface area contributed by atoms with Crippen molar-refractivity contribution in [2.24, 2.45) is 0 Å². The van der Waals surface area contributed by atoms with Crippen LogP contribution in [0.2, 0.25) is 0 Å². The fourth-order valence-corrected chi connectivity index (χ4v) is 1.85. The van der Waals surface area contributed by atoms with E-state index in [4.69, 9.17) is 5.11 Å². The van der Waals surface area contributed by atoms with E-state index in [1.54, 1.807) is 11.5 Å². The highest BCUT2D eigenvalue weighted by Gasteiger charge is 2.05. The highest BCUT2D eigenvalue weighted by atomic mass is 79.9. The summed E-state index contributed by atoms with van der Waals surface area (Å²) in [6.45, 7) is 2.36. The third-order valence-electron chi connectivity index (χ3n) is 2.48. The molecule has 0 fully saturated rings. The van der Waals surface area contributed by atoms with Crippen molar-refractivity contribution in [3.05, 3.63) is 26.8 Å². The van der Waals surface area contributed by atoms with Crippen molar-refractivity contribution >= 4 is 21.9 Å². The maximum absolute atomic E-state index is 11.7. The summed E-state index contributed by atoms with van der Waals surface area (Å²) in [5.41, 5.74) is -0.0873. The quantitative estimate of drug-likeness (QED) is 0.815. The molecule has 6 heteroatoms. The summed E-state index contributed by atoms with van der Waals surface area (Å²) >= 11 is 3.15. The van der Waals surface area contributed by atoms with Gasteiger partial charge in [0.1, 0.15) is 10.3 Å². The minimum Gasteiger partial charge on any atom is -0.481 e. The molecule has 0 unspecified atom stereocenters. The van der Waals surface area contributed by atoms with Gasteiger partial charge in [-0.1, -0.05) is 6.42 Å². The lowest BCUT2D eigenvalue weighted by atomic mass is 10.2. The Morgan fingerprint density at radius 3 is 2.82 bits per heavy atom. The summed E-state index contributed by atoms with van der Waals surface area (Å²) in [5, 5.41) is 8.48. The van der Waals surface area contributed by atoms with E-state index in [2.05, 4.69) is 20.9 Å². The van der Waals surface area contributed by atoms with Gasteiger partial charge >= 0.3 is 5.97 Å². The number of hydrogen-bond acceptors (Lipinski definition) is 3. The molecule has 1 N–H and O–H groups in total. The summed E-state index contributed by atoms with van der Waals surface area (Å²) in [4.78, 5) is 26.1. The third kappa shape index (κ3) is 4.30. The molecule has 0 aromatic carbocycles. The summed E-state index contributed by atoms with van der Waals surface area (Å²) in [6, 6.07) is 0. The van der Waals surface area contributed by atoms with Crippen molar-refractivity contribution in [3.8, 4) is 0 Å². The number of nitrogens with zero attached hydrogens (tertiary/aromatic N) is 2. The van der Waals surface area contributed by atoms with Crippen LogP contribution in [0, 0.1) is 6.92 Å². The zero-order chi connectivity index (χ0) is 12.8. The predicted octanol–water partition coefficient (Wildman–Crippen LogP) is 1.96. The first kappa shape index (κ1) is 13.9. The van der Waals surface area contributed by atoms with E-state index in [9.17, 15) is 9.59 Å². The summed E-state index contributed by atoms with van der Waals surface area (Å²) < 4.78 is 2.05. The number of carboxylic acid groups (broad SMARTS) is 1. The van der Waals surface area contributed by atoms with Crippen LogP contribution in [0.1, 0.15) is 31.5 Å². The maximum atomic E-state index is 11.7. The van der Waals surface area contributed by atoms with E-state index in [0.29, 0.717) is 23.3 Å². The van der Waals surface area contributed by atoms with Gasteiger partial charge in [-0.15, -0.1) is 0 Å². The van der Waals surface area contributed by atoms with Gasteiger partial charge in [0.15, 0.2) is 0 Å². The first-order chi connectivity index (χ1) is 8.02. The Bertz CT molecular complexity index is 457. The number of hydrogen-bond donors (Lipinski definition) is 1. The van der Waals surface area contributed by atoms with Gasteiger partial charge in [0.2, 0.25) is 0 Å². The van der Waals surface area contributed by atoms with Crippen molar-refractivity contribution in [1.29, 1.82) is 0 Å². The number of aryl methyl sites for hydroxylation is 1. The molecule has 0 aliphatic carbocycles. The monoisotopic (exact) mass is 302 g/mol. The molecule has 1 heterocycles.